The van der Waals surface area contributed by atoms with E-state index in [1.807, 2.05) is 9.73 Å². The Kier molecular flexibility index (Phi) is 7.20. The van der Waals surface area contributed by atoms with Crippen molar-refractivity contribution in [1.29, 1.82) is 0 Å². The fourth-order valence-electron chi connectivity index (χ4n) is 0.115. The van der Waals surface area contributed by atoms with E-state index >= 15 is 0 Å². The van der Waals surface area contributed by atoms with E-state index in [1.165, 1.54) is 11.1 Å². The molecule has 0 heterocycles. The van der Waals surface area contributed by atoms with Gasteiger partial charge in [0.1, 0.15) is 0 Å². The zero-order valence-electron chi connectivity index (χ0n) is 3.51. The molecule has 1 radical (unpaired) electrons. The molecule has 0 aliphatic heterocycles. The van der Waals surface area contributed by atoms with Gasteiger partial charge in [0.05, 0.1) is 0 Å². The SMILES string of the molecule is Cl/C=C/[As]/C=C/Cl. The Balaban J connectivity index is 2.98. The fraction of sp³-hybridized carbons (Fsp3) is 0. The molecule has 0 aromatic rings. The molecular weight excluding hydrogens is 194 g/mol. The van der Waals surface area contributed by atoms with E-state index in [-0.39, 0.29) is 15.8 Å². The molecule has 0 atom stereocenters. The van der Waals surface area contributed by atoms with Gasteiger partial charge in [-0.15, -0.1) is 0 Å². The van der Waals surface area contributed by atoms with E-state index in [2.05, 4.69) is 0 Å². The van der Waals surface area contributed by atoms with E-state index in [4.69, 9.17) is 23.2 Å². The van der Waals surface area contributed by atoms with Gasteiger partial charge in [-0.1, -0.05) is 0 Å². The number of hydrogen-bond acceptors (Lipinski definition) is 0. The van der Waals surface area contributed by atoms with Gasteiger partial charge in [-0.3, -0.25) is 0 Å². The summed E-state index contributed by atoms with van der Waals surface area (Å²) in [6.45, 7) is 0. The molecule has 0 amide bonds. The monoisotopic (exact) mass is 197 g/mol. The molecule has 0 nitrogen and oxygen atoms in total. The second kappa shape index (κ2) is 6.62. The first-order valence-corrected chi connectivity index (χ1v) is 4.66. The van der Waals surface area contributed by atoms with Gasteiger partial charge in [0.25, 0.3) is 0 Å². The molecular formula is C4H4AsCl2. The molecule has 0 saturated heterocycles. The summed E-state index contributed by atoms with van der Waals surface area (Å²) >= 11 is 10.5. The molecule has 39 valence electrons. The van der Waals surface area contributed by atoms with Crippen LogP contribution in [0.1, 0.15) is 0 Å². The summed E-state index contributed by atoms with van der Waals surface area (Å²) < 4.78 is 0. The van der Waals surface area contributed by atoms with Gasteiger partial charge in [0.15, 0.2) is 0 Å². The summed E-state index contributed by atoms with van der Waals surface area (Å²) in [5.74, 6) is 0. The summed E-state index contributed by atoms with van der Waals surface area (Å²) in [4.78, 5) is 3.80. The van der Waals surface area contributed by atoms with E-state index < -0.39 is 0 Å². The summed E-state index contributed by atoms with van der Waals surface area (Å²) in [6.07, 6.45) is 0. The molecule has 0 aliphatic carbocycles. The summed E-state index contributed by atoms with van der Waals surface area (Å²) in [5, 5.41) is 0. The first kappa shape index (κ1) is 7.62. The standard InChI is InChI=1S/C4H4AsCl2/c6-3-1-5-2-4-7/h1-4H/b3-1+,4-2+. The second-order valence-electron chi connectivity index (χ2n) is 0.699. The first-order valence-electron chi connectivity index (χ1n) is 1.62. The van der Waals surface area contributed by atoms with Gasteiger partial charge in [-0.05, 0) is 0 Å². The van der Waals surface area contributed by atoms with Crippen LogP contribution >= 0.6 is 23.2 Å². The zero-order chi connectivity index (χ0) is 5.54. The normalized spacial score (nSPS) is 11.7. The molecule has 0 aromatic heterocycles. The van der Waals surface area contributed by atoms with E-state index in [0.717, 1.165) is 0 Å². The molecule has 0 fully saturated rings. The van der Waals surface area contributed by atoms with E-state index in [9.17, 15) is 0 Å². The molecule has 0 unspecified atom stereocenters. The Morgan fingerprint density at radius 1 is 1.00 bits per heavy atom. The van der Waals surface area contributed by atoms with Crippen molar-refractivity contribution in [3.63, 3.8) is 0 Å². The Bertz CT molecular complexity index is 67.8. The quantitative estimate of drug-likeness (QED) is 0.596. The van der Waals surface area contributed by atoms with Crippen LogP contribution in [-0.2, 0) is 0 Å². The van der Waals surface area contributed by atoms with Crippen LogP contribution in [0.15, 0.2) is 20.8 Å². The number of rotatable bonds is 2. The van der Waals surface area contributed by atoms with Gasteiger partial charge in [0, 0.05) is 0 Å². The Hall–Kier alpha value is 0.618. The molecule has 0 saturated carbocycles. The van der Waals surface area contributed by atoms with Crippen LogP contribution in [0.2, 0.25) is 0 Å². The van der Waals surface area contributed by atoms with Crippen molar-refractivity contribution in [3.05, 3.63) is 20.8 Å². The van der Waals surface area contributed by atoms with E-state index in [0.29, 0.717) is 0 Å². The summed E-state index contributed by atoms with van der Waals surface area (Å²) in [6, 6.07) is 0. The van der Waals surface area contributed by atoms with Gasteiger partial charge >= 0.3 is 59.8 Å². The third-order valence-corrected chi connectivity index (χ3v) is 2.65. The maximum absolute atomic E-state index is 5.20. The molecule has 0 rings (SSSR count). The molecule has 0 bridgehead atoms. The topological polar surface area (TPSA) is 0 Å². The minimum atomic E-state index is 0.120. The van der Waals surface area contributed by atoms with Crippen LogP contribution in [0, 0.1) is 0 Å². The first-order chi connectivity index (χ1) is 3.41. The summed E-state index contributed by atoms with van der Waals surface area (Å²) in [5.41, 5.74) is 3.02. The van der Waals surface area contributed by atoms with Crippen molar-refractivity contribution < 1.29 is 0 Å². The van der Waals surface area contributed by atoms with Crippen molar-refractivity contribution in [1.82, 2.24) is 0 Å². The van der Waals surface area contributed by atoms with Crippen molar-refractivity contribution in [2.24, 2.45) is 0 Å². The predicted octanol–water partition coefficient (Wildman–Crippen LogP) is 2.11. The average Bonchev–Trinajstić information content (AvgIpc) is 1.69. The molecule has 3 heteroatoms. The van der Waals surface area contributed by atoms with E-state index in [1.54, 1.807) is 0 Å². The third kappa shape index (κ3) is 6.62. The second-order valence-corrected chi connectivity index (χ2v) is 3.08. The Morgan fingerprint density at radius 2 is 1.43 bits per heavy atom. The third-order valence-electron chi connectivity index (χ3n) is 0.285. The zero-order valence-corrected chi connectivity index (χ0v) is 6.90. The molecule has 7 heavy (non-hydrogen) atoms. The van der Waals surface area contributed by atoms with Crippen LogP contribution < -0.4 is 0 Å². The van der Waals surface area contributed by atoms with Gasteiger partial charge < -0.3 is 0 Å². The fourth-order valence-corrected chi connectivity index (χ4v) is 1.27. The molecule has 0 aromatic carbocycles. The predicted molar refractivity (Wildman–Crippen MR) is 35.7 cm³/mol. The molecule has 0 spiro atoms. The van der Waals surface area contributed by atoms with Gasteiger partial charge in [0.2, 0.25) is 0 Å². The maximum atomic E-state index is 5.20. The average molecular weight is 198 g/mol. The van der Waals surface area contributed by atoms with Crippen LogP contribution in [-0.4, -0.2) is 15.8 Å². The minimum absolute atomic E-state index is 0.120. The number of hydrogen-bond donors (Lipinski definition) is 0. The van der Waals surface area contributed by atoms with Crippen molar-refractivity contribution in [3.8, 4) is 0 Å². The van der Waals surface area contributed by atoms with Crippen molar-refractivity contribution >= 4 is 39.0 Å². The molecule has 0 aliphatic rings. The molecule has 0 N–H and O–H groups in total. The van der Waals surface area contributed by atoms with Crippen LogP contribution in [0.4, 0.5) is 0 Å². The van der Waals surface area contributed by atoms with Gasteiger partial charge in [-0.25, -0.2) is 0 Å². The van der Waals surface area contributed by atoms with Crippen molar-refractivity contribution in [2.75, 3.05) is 0 Å². The van der Waals surface area contributed by atoms with Crippen LogP contribution in [0.5, 0.6) is 0 Å². The Labute approximate surface area is 59.9 Å². The summed E-state index contributed by atoms with van der Waals surface area (Å²) in [7, 11) is 0. The Morgan fingerprint density at radius 3 is 1.71 bits per heavy atom. The number of halogens is 2. The van der Waals surface area contributed by atoms with Crippen molar-refractivity contribution in [2.45, 2.75) is 0 Å². The van der Waals surface area contributed by atoms with Gasteiger partial charge in [-0.2, -0.15) is 0 Å². The van der Waals surface area contributed by atoms with Crippen LogP contribution in [0.3, 0.4) is 0 Å². The van der Waals surface area contributed by atoms with Crippen LogP contribution in [0.25, 0.3) is 0 Å².